The van der Waals surface area contributed by atoms with Crippen LogP contribution in [0.25, 0.3) is 0 Å². The summed E-state index contributed by atoms with van der Waals surface area (Å²) in [6.07, 6.45) is 0.980. The highest BCUT2D eigenvalue weighted by molar-refractivity contribution is 5.89. The molecule has 0 aromatic rings. The predicted octanol–water partition coefficient (Wildman–Crippen LogP) is 2.26. The average Bonchev–Trinajstić information content (AvgIpc) is 2.17. The van der Waals surface area contributed by atoms with Crippen LogP contribution in [0.5, 0.6) is 0 Å². The molecule has 0 saturated carbocycles. The van der Waals surface area contributed by atoms with Gasteiger partial charge in [0, 0.05) is 11.6 Å². The summed E-state index contributed by atoms with van der Waals surface area (Å²) in [7, 11) is 0. The van der Waals surface area contributed by atoms with Gasteiger partial charge in [-0.25, -0.2) is 4.79 Å². The molecule has 2 unspecified atom stereocenters. The van der Waals surface area contributed by atoms with Crippen LogP contribution in [0.15, 0.2) is 11.1 Å². The summed E-state index contributed by atoms with van der Waals surface area (Å²) in [5.74, 6) is 0.0829. The van der Waals surface area contributed by atoms with E-state index in [1.165, 1.54) is 0 Å². The van der Waals surface area contributed by atoms with Crippen LogP contribution in [0.2, 0.25) is 0 Å². The lowest BCUT2D eigenvalue weighted by Crippen LogP contribution is -2.26. The second-order valence-corrected chi connectivity index (χ2v) is 3.90. The van der Waals surface area contributed by atoms with E-state index in [0.29, 0.717) is 18.1 Å². The van der Waals surface area contributed by atoms with E-state index < -0.39 is 0 Å². The van der Waals surface area contributed by atoms with E-state index in [2.05, 4.69) is 13.8 Å². The van der Waals surface area contributed by atoms with Crippen molar-refractivity contribution in [3.63, 3.8) is 0 Å². The van der Waals surface area contributed by atoms with Gasteiger partial charge in [-0.05, 0) is 38.7 Å². The molecule has 0 bridgehead atoms. The third-order valence-electron chi connectivity index (χ3n) is 2.65. The van der Waals surface area contributed by atoms with Crippen LogP contribution in [0.1, 0.15) is 41.0 Å². The molecule has 0 amide bonds. The lowest BCUT2D eigenvalue weighted by atomic mass is 9.89. The Kier molecular flexibility index (Phi) is 6.25. The Hall–Kier alpha value is -0.830. The standard InChI is InChI=1S/C12H23NO2/c1-6-8(3)11(10(5)13)9(4)12(14)15-7-2/h8,10H,6-7,13H2,1-5H3. The normalized spacial score (nSPS) is 16.7. The Morgan fingerprint density at radius 2 is 1.87 bits per heavy atom. The van der Waals surface area contributed by atoms with Crippen molar-refractivity contribution in [2.75, 3.05) is 6.61 Å². The van der Waals surface area contributed by atoms with Gasteiger partial charge in [-0.15, -0.1) is 0 Å². The molecule has 15 heavy (non-hydrogen) atoms. The number of hydrogen-bond donors (Lipinski definition) is 1. The maximum Gasteiger partial charge on any atom is 0.333 e. The van der Waals surface area contributed by atoms with Crippen molar-refractivity contribution in [2.24, 2.45) is 11.7 Å². The lowest BCUT2D eigenvalue weighted by molar-refractivity contribution is -0.138. The quantitative estimate of drug-likeness (QED) is 0.563. The van der Waals surface area contributed by atoms with Crippen LogP contribution in [0, 0.1) is 5.92 Å². The van der Waals surface area contributed by atoms with E-state index in [4.69, 9.17) is 10.5 Å². The van der Waals surface area contributed by atoms with Gasteiger partial charge >= 0.3 is 5.97 Å². The maximum atomic E-state index is 11.6. The van der Waals surface area contributed by atoms with Gasteiger partial charge in [0.1, 0.15) is 0 Å². The number of esters is 1. The topological polar surface area (TPSA) is 52.3 Å². The van der Waals surface area contributed by atoms with Gasteiger partial charge in [0.05, 0.1) is 6.61 Å². The molecule has 2 atom stereocenters. The van der Waals surface area contributed by atoms with E-state index in [1.54, 1.807) is 13.8 Å². The average molecular weight is 213 g/mol. The summed E-state index contributed by atoms with van der Waals surface area (Å²) in [5.41, 5.74) is 7.56. The van der Waals surface area contributed by atoms with Crippen molar-refractivity contribution < 1.29 is 9.53 Å². The first kappa shape index (κ1) is 14.2. The zero-order valence-corrected chi connectivity index (χ0v) is 10.5. The first-order valence-electron chi connectivity index (χ1n) is 5.58. The molecule has 0 radical (unpaired) electrons. The molecule has 3 nitrogen and oxygen atoms in total. The SMILES string of the molecule is CCOC(=O)C(C)=C(C(C)N)C(C)CC. The summed E-state index contributed by atoms with van der Waals surface area (Å²) in [6.45, 7) is 10.1. The molecule has 0 fully saturated rings. The van der Waals surface area contributed by atoms with Crippen molar-refractivity contribution in [1.29, 1.82) is 0 Å². The van der Waals surface area contributed by atoms with E-state index >= 15 is 0 Å². The van der Waals surface area contributed by atoms with E-state index in [1.807, 2.05) is 6.92 Å². The molecule has 0 spiro atoms. The van der Waals surface area contributed by atoms with Crippen LogP contribution in [-0.2, 0) is 9.53 Å². The number of hydrogen-bond acceptors (Lipinski definition) is 3. The minimum absolute atomic E-state index is 0.0932. The molecule has 88 valence electrons. The van der Waals surface area contributed by atoms with Crippen molar-refractivity contribution >= 4 is 5.97 Å². The molecule has 0 saturated heterocycles. The van der Waals surface area contributed by atoms with Crippen molar-refractivity contribution in [3.8, 4) is 0 Å². The molecule has 0 heterocycles. The van der Waals surface area contributed by atoms with E-state index in [9.17, 15) is 4.79 Å². The van der Waals surface area contributed by atoms with Gasteiger partial charge in [0.2, 0.25) is 0 Å². The van der Waals surface area contributed by atoms with Gasteiger partial charge in [0.25, 0.3) is 0 Å². The monoisotopic (exact) mass is 213 g/mol. The van der Waals surface area contributed by atoms with Crippen LogP contribution >= 0.6 is 0 Å². The van der Waals surface area contributed by atoms with Gasteiger partial charge in [-0.3, -0.25) is 0 Å². The Morgan fingerprint density at radius 3 is 2.20 bits per heavy atom. The molecule has 0 rings (SSSR count). The van der Waals surface area contributed by atoms with E-state index in [-0.39, 0.29) is 12.0 Å². The summed E-state index contributed by atoms with van der Waals surface area (Å²) in [4.78, 5) is 11.6. The lowest BCUT2D eigenvalue weighted by Gasteiger charge is -2.20. The van der Waals surface area contributed by atoms with Crippen molar-refractivity contribution in [1.82, 2.24) is 0 Å². The molecule has 0 aliphatic carbocycles. The van der Waals surface area contributed by atoms with Crippen LogP contribution in [0.4, 0.5) is 0 Å². The fourth-order valence-electron chi connectivity index (χ4n) is 1.74. The van der Waals surface area contributed by atoms with Crippen LogP contribution in [0.3, 0.4) is 0 Å². The minimum Gasteiger partial charge on any atom is -0.463 e. The van der Waals surface area contributed by atoms with Crippen LogP contribution < -0.4 is 5.73 Å². The fourth-order valence-corrected chi connectivity index (χ4v) is 1.74. The molecule has 0 aromatic carbocycles. The largest absolute Gasteiger partial charge is 0.463 e. The summed E-state index contributed by atoms with van der Waals surface area (Å²) < 4.78 is 4.98. The second-order valence-electron chi connectivity index (χ2n) is 3.90. The molecule has 0 aromatic heterocycles. The molecule has 2 N–H and O–H groups in total. The summed E-state index contributed by atoms with van der Waals surface area (Å²) >= 11 is 0. The predicted molar refractivity (Wildman–Crippen MR) is 62.4 cm³/mol. The van der Waals surface area contributed by atoms with E-state index in [0.717, 1.165) is 12.0 Å². The molecule has 3 heteroatoms. The zero-order chi connectivity index (χ0) is 12.0. The number of nitrogens with two attached hydrogens (primary N) is 1. The third kappa shape index (κ3) is 4.04. The fraction of sp³-hybridized carbons (Fsp3) is 0.750. The number of carbonyl (C=O) groups excluding carboxylic acids is 1. The Morgan fingerprint density at radius 1 is 1.33 bits per heavy atom. The molecular formula is C12H23NO2. The van der Waals surface area contributed by atoms with Gasteiger partial charge in [-0.2, -0.15) is 0 Å². The Balaban J connectivity index is 4.99. The zero-order valence-electron chi connectivity index (χ0n) is 10.5. The van der Waals surface area contributed by atoms with Gasteiger partial charge in [-0.1, -0.05) is 13.8 Å². The second kappa shape index (κ2) is 6.62. The van der Waals surface area contributed by atoms with Crippen LogP contribution in [-0.4, -0.2) is 18.6 Å². The first-order valence-corrected chi connectivity index (χ1v) is 5.58. The highest BCUT2D eigenvalue weighted by Gasteiger charge is 2.19. The minimum atomic E-state index is -0.245. The van der Waals surface area contributed by atoms with Gasteiger partial charge in [0.15, 0.2) is 0 Å². The molecular weight excluding hydrogens is 190 g/mol. The van der Waals surface area contributed by atoms with Crippen molar-refractivity contribution in [2.45, 2.75) is 47.1 Å². The third-order valence-corrected chi connectivity index (χ3v) is 2.65. The number of ether oxygens (including phenoxy) is 1. The Bertz CT molecular complexity index is 244. The summed E-state index contributed by atoms with van der Waals surface area (Å²) in [5, 5.41) is 0. The highest BCUT2D eigenvalue weighted by atomic mass is 16.5. The number of carbonyl (C=O) groups is 1. The maximum absolute atomic E-state index is 11.6. The first-order chi connectivity index (χ1) is 6.95. The highest BCUT2D eigenvalue weighted by Crippen LogP contribution is 2.21. The molecule has 0 aliphatic rings. The number of rotatable bonds is 5. The smallest absolute Gasteiger partial charge is 0.333 e. The summed E-state index contributed by atoms with van der Waals surface area (Å²) in [6, 6.07) is -0.0932. The Labute approximate surface area is 92.7 Å². The van der Waals surface area contributed by atoms with Gasteiger partial charge < -0.3 is 10.5 Å². The molecule has 0 aliphatic heterocycles. The van der Waals surface area contributed by atoms with Crippen molar-refractivity contribution in [3.05, 3.63) is 11.1 Å².